The highest BCUT2D eigenvalue weighted by atomic mass is 79.9. The molecule has 1 heterocycles. The number of aromatic nitrogens is 2. The Morgan fingerprint density at radius 1 is 0.667 bits per heavy atom. The molecule has 4 N–H and O–H groups in total. The van der Waals surface area contributed by atoms with Crippen LogP contribution in [0.4, 0.5) is 11.8 Å². The van der Waals surface area contributed by atoms with Crippen molar-refractivity contribution in [3.63, 3.8) is 0 Å². The van der Waals surface area contributed by atoms with E-state index in [0.29, 0.717) is 5.82 Å². The van der Waals surface area contributed by atoms with Gasteiger partial charge < -0.3 is 28.4 Å². The first-order valence-electron chi connectivity index (χ1n) is 9.12. The van der Waals surface area contributed by atoms with Gasteiger partial charge in [0.1, 0.15) is 35.2 Å². The maximum atomic E-state index is 6.25. The lowest BCUT2D eigenvalue weighted by Crippen LogP contribution is -3.00. The van der Waals surface area contributed by atoms with Crippen molar-refractivity contribution in [3.05, 3.63) is 103 Å². The summed E-state index contributed by atoms with van der Waals surface area (Å²) in [7, 11) is -2.02. The molecule has 4 aromatic rings. The second kappa shape index (κ2) is 10.7. The minimum absolute atomic E-state index is 0. The second-order valence-corrected chi connectivity index (χ2v) is 10.1. The fourth-order valence-electron chi connectivity index (χ4n) is 3.58. The zero-order valence-electron chi connectivity index (χ0n) is 16.2. The molecular formula is C23H23Br2N4P. The highest BCUT2D eigenvalue weighted by molar-refractivity contribution is 8.93. The largest absolute Gasteiger partial charge is 1.00 e. The zero-order chi connectivity index (χ0) is 19.4. The number of anilines is 2. The van der Waals surface area contributed by atoms with Crippen molar-refractivity contribution in [2.75, 3.05) is 11.5 Å². The molecule has 30 heavy (non-hydrogen) atoms. The molecule has 0 aliphatic carbocycles. The van der Waals surface area contributed by atoms with Gasteiger partial charge in [-0.3, -0.25) is 0 Å². The lowest BCUT2D eigenvalue weighted by atomic mass is 10.3. The summed E-state index contributed by atoms with van der Waals surface area (Å²) in [6, 6.07) is 32.0. The Kier molecular flexibility index (Phi) is 8.54. The van der Waals surface area contributed by atoms with E-state index in [4.69, 9.17) is 11.5 Å². The molecule has 0 spiro atoms. The van der Waals surface area contributed by atoms with Crippen molar-refractivity contribution in [2.24, 2.45) is 0 Å². The van der Waals surface area contributed by atoms with Gasteiger partial charge in [0.25, 0.3) is 0 Å². The summed E-state index contributed by atoms with van der Waals surface area (Å²) in [4.78, 5) is 8.41. The van der Waals surface area contributed by atoms with Crippen LogP contribution < -0.4 is 44.4 Å². The fraction of sp³-hybridized carbons (Fsp3) is 0.0435. The standard InChI is InChI=1S/C23H22N4P.2BrH/c24-22-18(16-26-23(25)27-22)17-28(19-10-4-1-5-11-19,20-12-6-2-7-13-20)21-14-8-3-9-15-21;;/h1-16H,17H2,(H4,24,25,26,27);2*1H/q+1;;/p-1. The first-order valence-corrected chi connectivity index (χ1v) is 11.1. The van der Waals surface area contributed by atoms with Crippen molar-refractivity contribution < 1.29 is 17.0 Å². The molecule has 154 valence electrons. The molecule has 0 amide bonds. The predicted molar refractivity (Wildman–Crippen MR) is 130 cm³/mol. The van der Waals surface area contributed by atoms with Crippen LogP contribution in [0.5, 0.6) is 0 Å². The summed E-state index contributed by atoms with van der Waals surface area (Å²) >= 11 is 0. The van der Waals surface area contributed by atoms with E-state index in [1.54, 1.807) is 6.20 Å². The topological polar surface area (TPSA) is 77.8 Å². The molecule has 1 aromatic heterocycles. The van der Waals surface area contributed by atoms with Gasteiger partial charge in [0.2, 0.25) is 5.95 Å². The van der Waals surface area contributed by atoms with Crippen LogP contribution in [0.2, 0.25) is 0 Å². The number of rotatable bonds is 5. The SMILES string of the molecule is Br.Nc1ncc(C[P+](c2ccccc2)(c2ccccc2)c2ccccc2)c(N)n1.[Br-]. The number of nitrogens with two attached hydrogens (primary N) is 2. The molecular weight excluding hydrogens is 523 g/mol. The molecule has 0 fully saturated rings. The maximum Gasteiger partial charge on any atom is 0.221 e. The van der Waals surface area contributed by atoms with Gasteiger partial charge >= 0.3 is 0 Å². The quantitative estimate of drug-likeness (QED) is 0.362. The molecule has 0 radical (unpaired) electrons. The highest BCUT2D eigenvalue weighted by Crippen LogP contribution is 2.58. The van der Waals surface area contributed by atoms with Crippen molar-refractivity contribution in [3.8, 4) is 0 Å². The smallest absolute Gasteiger partial charge is 0.221 e. The molecule has 0 bridgehead atoms. The fourth-order valence-corrected chi connectivity index (χ4v) is 7.82. The van der Waals surface area contributed by atoms with Crippen molar-refractivity contribution in [2.45, 2.75) is 6.16 Å². The van der Waals surface area contributed by atoms with Gasteiger partial charge in [-0.2, -0.15) is 4.98 Å². The minimum atomic E-state index is -2.02. The average Bonchev–Trinajstić information content (AvgIpc) is 2.75. The Bertz CT molecular complexity index is 968. The summed E-state index contributed by atoms with van der Waals surface area (Å²) in [6.07, 6.45) is 2.50. The second-order valence-electron chi connectivity index (χ2n) is 6.61. The van der Waals surface area contributed by atoms with Gasteiger partial charge in [0.15, 0.2) is 0 Å². The van der Waals surface area contributed by atoms with Gasteiger partial charge in [0.05, 0.1) is 5.56 Å². The lowest BCUT2D eigenvalue weighted by Gasteiger charge is -2.28. The summed E-state index contributed by atoms with van der Waals surface area (Å²) in [5.41, 5.74) is 12.9. The molecule has 0 saturated carbocycles. The van der Waals surface area contributed by atoms with Crippen LogP contribution in [-0.4, -0.2) is 9.97 Å². The Morgan fingerprint density at radius 2 is 1.07 bits per heavy atom. The molecule has 4 nitrogen and oxygen atoms in total. The highest BCUT2D eigenvalue weighted by Gasteiger charge is 2.45. The summed E-state index contributed by atoms with van der Waals surface area (Å²) < 4.78 is 0. The molecule has 0 unspecified atom stereocenters. The monoisotopic (exact) mass is 544 g/mol. The lowest BCUT2D eigenvalue weighted by molar-refractivity contribution is -0.00000585. The van der Waals surface area contributed by atoms with Crippen LogP contribution in [0, 0.1) is 0 Å². The van der Waals surface area contributed by atoms with Gasteiger partial charge in [-0.05, 0) is 36.4 Å². The molecule has 0 atom stereocenters. The van der Waals surface area contributed by atoms with Crippen LogP contribution in [0.3, 0.4) is 0 Å². The molecule has 7 heteroatoms. The number of hydrogen-bond acceptors (Lipinski definition) is 4. The molecule has 0 saturated heterocycles. The number of hydrogen-bond donors (Lipinski definition) is 2. The van der Waals surface area contributed by atoms with Crippen molar-refractivity contribution in [1.82, 2.24) is 9.97 Å². The van der Waals surface area contributed by atoms with E-state index < -0.39 is 7.26 Å². The Labute approximate surface area is 198 Å². The minimum Gasteiger partial charge on any atom is -1.00 e. The third kappa shape index (κ3) is 4.72. The van der Waals surface area contributed by atoms with E-state index >= 15 is 0 Å². The first-order chi connectivity index (χ1) is 13.7. The Morgan fingerprint density at radius 3 is 1.43 bits per heavy atom. The van der Waals surface area contributed by atoms with Crippen molar-refractivity contribution in [1.29, 1.82) is 0 Å². The van der Waals surface area contributed by atoms with Gasteiger partial charge in [-0.1, -0.05) is 54.6 Å². The molecule has 3 aromatic carbocycles. The Hall–Kier alpha value is -2.27. The number of nitrogen functional groups attached to an aromatic ring is 2. The van der Waals surface area contributed by atoms with Gasteiger partial charge in [-0.15, -0.1) is 17.0 Å². The van der Waals surface area contributed by atoms with E-state index in [-0.39, 0.29) is 39.9 Å². The van der Waals surface area contributed by atoms with Gasteiger partial charge in [-0.25, -0.2) is 4.98 Å². The molecule has 0 aliphatic heterocycles. The van der Waals surface area contributed by atoms with E-state index in [1.165, 1.54) is 15.9 Å². The summed E-state index contributed by atoms with van der Waals surface area (Å²) in [5.74, 6) is 0.643. The zero-order valence-corrected chi connectivity index (χ0v) is 20.4. The summed E-state index contributed by atoms with van der Waals surface area (Å²) in [6.45, 7) is 0. The third-order valence-corrected chi connectivity index (χ3v) is 9.27. The maximum absolute atomic E-state index is 6.25. The Balaban J connectivity index is 0.00000160. The van der Waals surface area contributed by atoms with Crippen LogP contribution >= 0.6 is 24.2 Å². The first kappa shape index (κ1) is 24.0. The average molecular weight is 546 g/mol. The molecule has 4 rings (SSSR count). The van der Waals surface area contributed by atoms with E-state index in [9.17, 15) is 0 Å². The number of nitrogens with zero attached hydrogens (tertiary/aromatic N) is 2. The third-order valence-electron chi connectivity index (χ3n) is 4.92. The van der Waals surface area contributed by atoms with Crippen LogP contribution in [0.15, 0.2) is 97.2 Å². The predicted octanol–water partition coefficient (Wildman–Crippen LogP) is 0.717. The molecule has 0 aliphatic rings. The van der Waals surface area contributed by atoms with Crippen LogP contribution in [0.1, 0.15) is 5.56 Å². The number of halogens is 2. The van der Waals surface area contributed by atoms with Crippen molar-refractivity contribution >= 4 is 51.9 Å². The van der Waals surface area contributed by atoms with Crippen LogP contribution in [0.25, 0.3) is 0 Å². The number of benzene rings is 3. The van der Waals surface area contributed by atoms with Gasteiger partial charge in [0, 0.05) is 6.20 Å². The summed E-state index contributed by atoms with van der Waals surface area (Å²) in [5, 5.41) is 3.89. The van der Waals surface area contributed by atoms with Crippen LogP contribution in [-0.2, 0) is 6.16 Å². The van der Waals surface area contributed by atoms with E-state index in [0.717, 1.165) is 11.7 Å². The van der Waals surface area contributed by atoms with E-state index in [2.05, 4.69) is 101 Å². The normalized spacial score (nSPS) is 10.5. The van der Waals surface area contributed by atoms with E-state index in [1.807, 2.05) is 0 Å².